The Labute approximate surface area is 183 Å². The fraction of sp³-hybridized carbons (Fsp3) is 0.333. The Morgan fingerprint density at radius 1 is 1.23 bits per heavy atom. The minimum Gasteiger partial charge on any atom is -0.363 e. The van der Waals surface area contributed by atoms with Crippen LogP contribution in [-0.2, 0) is 9.47 Å². The van der Waals surface area contributed by atoms with Crippen molar-refractivity contribution in [3.8, 4) is 6.07 Å². The van der Waals surface area contributed by atoms with Crippen LogP contribution < -0.4 is 10.6 Å². The topological polar surface area (TPSA) is 105 Å². The van der Waals surface area contributed by atoms with E-state index < -0.39 is 6.29 Å². The minimum atomic E-state index is -0.422. The molecule has 0 saturated carbocycles. The fourth-order valence-electron chi connectivity index (χ4n) is 3.14. The van der Waals surface area contributed by atoms with E-state index in [1.165, 1.54) is 0 Å². The van der Waals surface area contributed by atoms with Gasteiger partial charge in [0.05, 0.1) is 29.6 Å². The van der Waals surface area contributed by atoms with Gasteiger partial charge in [0.2, 0.25) is 5.95 Å². The van der Waals surface area contributed by atoms with Gasteiger partial charge in [0, 0.05) is 24.9 Å². The molecule has 30 heavy (non-hydrogen) atoms. The van der Waals surface area contributed by atoms with Crippen LogP contribution in [-0.4, -0.2) is 42.0 Å². The molecular formula is C21H23BrN6O2. The molecule has 0 bridgehead atoms. The number of aromatic nitrogens is 3. The number of pyridine rings is 1. The average Bonchev–Trinajstić information content (AvgIpc) is 2.75. The second-order valence-electron chi connectivity index (χ2n) is 6.70. The molecule has 0 aliphatic carbocycles. The smallest absolute Gasteiger partial charge is 0.226 e. The predicted octanol–water partition coefficient (Wildman–Crippen LogP) is 4.17. The lowest BCUT2D eigenvalue weighted by Gasteiger charge is -2.20. The molecule has 9 heteroatoms. The van der Waals surface area contributed by atoms with Gasteiger partial charge in [-0.1, -0.05) is 12.1 Å². The van der Waals surface area contributed by atoms with Gasteiger partial charge in [-0.2, -0.15) is 15.2 Å². The van der Waals surface area contributed by atoms with E-state index in [1.807, 2.05) is 38.1 Å². The molecule has 156 valence electrons. The molecule has 2 N–H and O–H groups in total. The van der Waals surface area contributed by atoms with Crippen LogP contribution in [0.15, 0.2) is 34.9 Å². The first-order valence-corrected chi connectivity index (χ1v) is 10.1. The van der Waals surface area contributed by atoms with Crippen LogP contribution in [0.5, 0.6) is 0 Å². The van der Waals surface area contributed by atoms with Crippen LogP contribution in [0.4, 0.5) is 11.8 Å². The molecule has 0 aliphatic heterocycles. The Kier molecular flexibility index (Phi) is 7.15. The number of hydrogen-bond acceptors (Lipinski definition) is 8. The van der Waals surface area contributed by atoms with Crippen LogP contribution in [0.3, 0.4) is 0 Å². The highest BCUT2D eigenvalue weighted by Gasteiger charge is 2.16. The first kappa shape index (κ1) is 21.9. The number of hydrogen-bond donors (Lipinski definition) is 2. The van der Waals surface area contributed by atoms with Crippen LogP contribution in [0.1, 0.15) is 29.7 Å². The van der Waals surface area contributed by atoms with Gasteiger partial charge >= 0.3 is 0 Å². The molecule has 0 amide bonds. The van der Waals surface area contributed by atoms with Crippen molar-refractivity contribution in [2.75, 3.05) is 31.4 Å². The van der Waals surface area contributed by atoms with Gasteiger partial charge in [0.15, 0.2) is 11.9 Å². The highest BCUT2D eigenvalue weighted by atomic mass is 79.9. The Morgan fingerprint density at radius 2 is 2.00 bits per heavy atom. The molecule has 2 heterocycles. The van der Waals surface area contributed by atoms with Gasteiger partial charge < -0.3 is 20.1 Å². The average molecular weight is 471 g/mol. The maximum absolute atomic E-state index is 9.33. The molecule has 1 unspecified atom stereocenters. The Morgan fingerprint density at radius 3 is 2.70 bits per heavy atom. The Balaban J connectivity index is 1.97. The van der Waals surface area contributed by atoms with E-state index in [0.29, 0.717) is 29.5 Å². The quantitative estimate of drug-likeness (QED) is 0.472. The number of halogens is 1. The van der Waals surface area contributed by atoms with Crippen molar-refractivity contribution < 1.29 is 9.47 Å². The molecule has 3 aromatic rings. The summed E-state index contributed by atoms with van der Waals surface area (Å²) in [5.41, 5.74) is 3.18. The second kappa shape index (κ2) is 9.80. The largest absolute Gasteiger partial charge is 0.363 e. The van der Waals surface area contributed by atoms with Crippen molar-refractivity contribution in [3.63, 3.8) is 0 Å². The van der Waals surface area contributed by atoms with Gasteiger partial charge in [-0.05, 0) is 53.0 Å². The van der Waals surface area contributed by atoms with Gasteiger partial charge in [-0.25, -0.2) is 4.98 Å². The van der Waals surface area contributed by atoms with Crippen LogP contribution >= 0.6 is 15.9 Å². The standard InChI is InChI=1S/C21H23BrN6O2/c1-12-14(9-23)6-5-7-16(12)13(2)26-20-17-8-15(22)10-24-19(17)27-21(28-20)25-11-18(29-3)30-4/h5-8,10,13,18H,11H2,1-4H3,(H2,24,25,26,27,28). The normalized spacial score (nSPS) is 12.0. The van der Waals surface area contributed by atoms with Crippen molar-refractivity contribution >= 4 is 38.7 Å². The number of methoxy groups -OCH3 is 2. The molecule has 1 aromatic carbocycles. The summed E-state index contributed by atoms with van der Waals surface area (Å²) in [5, 5.41) is 16.7. The summed E-state index contributed by atoms with van der Waals surface area (Å²) in [5.74, 6) is 1.05. The molecule has 1 atom stereocenters. The summed E-state index contributed by atoms with van der Waals surface area (Å²) in [4.78, 5) is 13.6. The van der Waals surface area contributed by atoms with Crippen molar-refractivity contribution in [1.29, 1.82) is 5.26 Å². The molecule has 0 fully saturated rings. The SMILES string of the molecule is COC(CNc1nc(NC(C)c2cccc(C#N)c2C)c2cc(Br)cnc2n1)OC. The summed E-state index contributed by atoms with van der Waals surface area (Å²) in [6, 6.07) is 9.78. The van der Waals surface area contributed by atoms with E-state index >= 15 is 0 Å². The first-order valence-electron chi connectivity index (χ1n) is 9.35. The van der Waals surface area contributed by atoms with Crippen molar-refractivity contribution in [3.05, 3.63) is 51.6 Å². The van der Waals surface area contributed by atoms with Crippen molar-refractivity contribution in [2.45, 2.75) is 26.2 Å². The number of nitrogens with zero attached hydrogens (tertiary/aromatic N) is 4. The van der Waals surface area contributed by atoms with E-state index in [0.717, 1.165) is 21.0 Å². The summed E-state index contributed by atoms with van der Waals surface area (Å²) < 4.78 is 11.2. The van der Waals surface area contributed by atoms with Crippen LogP contribution in [0, 0.1) is 18.3 Å². The zero-order chi connectivity index (χ0) is 21.7. The zero-order valence-electron chi connectivity index (χ0n) is 17.2. The molecule has 8 nitrogen and oxygen atoms in total. The third kappa shape index (κ3) is 4.84. The molecular weight excluding hydrogens is 448 g/mol. The summed E-state index contributed by atoms with van der Waals surface area (Å²) in [7, 11) is 3.14. The lowest BCUT2D eigenvalue weighted by atomic mass is 9.98. The van der Waals surface area contributed by atoms with Crippen LogP contribution in [0.2, 0.25) is 0 Å². The van der Waals surface area contributed by atoms with E-state index in [9.17, 15) is 5.26 Å². The lowest BCUT2D eigenvalue weighted by molar-refractivity contribution is -0.0914. The van der Waals surface area contributed by atoms with E-state index in [4.69, 9.17) is 9.47 Å². The van der Waals surface area contributed by atoms with Gasteiger partial charge in [0.25, 0.3) is 0 Å². The molecule has 0 aliphatic rings. The predicted molar refractivity (Wildman–Crippen MR) is 119 cm³/mol. The Hall–Kier alpha value is -2.80. The number of ether oxygens (including phenoxy) is 2. The summed E-state index contributed by atoms with van der Waals surface area (Å²) in [6.07, 6.45) is 1.27. The van der Waals surface area contributed by atoms with Gasteiger partial charge in [-0.15, -0.1) is 0 Å². The molecule has 0 spiro atoms. The highest BCUT2D eigenvalue weighted by molar-refractivity contribution is 9.10. The van der Waals surface area contributed by atoms with Gasteiger partial charge in [-0.3, -0.25) is 0 Å². The molecule has 0 saturated heterocycles. The molecule has 3 rings (SSSR count). The minimum absolute atomic E-state index is 0.0890. The summed E-state index contributed by atoms with van der Waals surface area (Å²) in [6.45, 7) is 4.36. The van der Waals surface area contributed by atoms with Gasteiger partial charge in [0.1, 0.15) is 5.82 Å². The monoisotopic (exact) mass is 470 g/mol. The summed E-state index contributed by atoms with van der Waals surface area (Å²) >= 11 is 3.46. The van der Waals surface area contributed by atoms with E-state index in [1.54, 1.807) is 20.4 Å². The number of fused-ring (bicyclic) bond motifs is 1. The number of benzene rings is 1. The first-order chi connectivity index (χ1) is 14.5. The zero-order valence-corrected chi connectivity index (χ0v) is 18.8. The van der Waals surface area contributed by atoms with E-state index in [2.05, 4.69) is 47.6 Å². The van der Waals surface area contributed by atoms with Crippen LogP contribution in [0.25, 0.3) is 11.0 Å². The lowest BCUT2D eigenvalue weighted by Crippen LogP contribution is -2.24. The number of rotatable bonds is 8. The maximum Gasteiger partial charge on any atom is 0.226 e. The third-order valence-electron chi connectivity index (χ3n) is 4.79. The second-order valence-corrected chi connectivity index (χ2v) is 7.62. The highest BCUT2D eigenvalue weighted by Crippen LogP contribution is 2.29. The van der Waals surface area contributed by atoms with Crippen molar-refractivity contribution in [2.24, 2.45) is 0 Å². The third-order valence-corrected chi connectivity index (χ3v) is 5.22. The molecule has 2 aromatic heterocycles. The number of nitriles is 1. The maximum atomic E-state index is 9.33. The van der Waals surface area contributed by atoms with E-state index in [-0.39, 0.29) is 6.04 Å². The number of nitrogens with one attached hydrogen (secondary N) is 2. The fourth-order valence-corrected chi connectivity index (χ4v) is 3.47. The Bertz CT molecular complexity index is 1080. The van der Waals surface area contributed by atoms with Crippen molar-refractivity contribution in [1.82, 2.24) is 15.0 Å². The molecule has 0 radical (unpaired) electrons. The number of anilines is 2.